The third-order valence-corrected chi connectivity index (χ3v) is 6.33. The standard InChI is InChI=1S/C19H17F3N4O2S/c1-28-16-7-24-13(6-25-16)14(27)4-9-2-11(17(22)12(21)3-9)19(8-20)10-5-15(10)29-18(23)26-19/h2-3,6-7,10,15H,4-5,8H2,1H3,(H2,23,26)/t10-,15+,19+/m1/s1. The Hall–Kier alpha value is -2.62. The minimum atomic E-state index is -1.57. The fraction of sp³-hybridized carbons (Fsp3) is 0.368. The SMILES string of the molecule is COc1cnc(C(=O)Cc2cc(F)c(F)c([C@@]3(CF)N=C(N)S[C@H]4C[C@H]43)c2)cn1. The summed E-state index contributed by atoms with van der Waals surface area (Å²) in [4.78, 5) is 24.5. The molecule has 2 N–H and O–H groups in total. The second-order valence-electron chi connectivity index (χ2n) is 6.99. The van der Waals surface area contributed by atoms with Crippen molar-refractivity contribution in [3.05, 3.63) is 53.0 Å². The van der Waals surface area contributed by atoms with Crippen molar-refractivity contribution in [1.29, 1.82) is 0 Å². The quantitative estimate of drug-likeness (QED) is 0.720. The molecule has 3 atom stereocenters. The van der Waals surface area contributed by atoms with Crippen LogP contribution in [0.25, 0.3) is 0 Å². The van der Waals surface area contributed by atoms with Gasteiger partial charge in [-0.1, -0.05) is 11.8 Å². The summed E-state index contributed by atoms with van der Waals surface area (Å²) >= 11 is 1.32. The number of methoxy groups -OCH3 is 1. The maximum absolute atomic E-state index is 14.7. The van der Waals surface area contributed by atoms with Crippen LogP contribution in [0.2, 0.25) is 0 Å². The summed E-state index contributed by atoms with van der Waals surface area (Å²) < 4.78 is 48.1. The van der Waals surface area contributed by atoms with Gasteiger partial charge in [0.05, 0.1) is 19.5 Å². The fourth-order valence-electron chi connectivity index (χ4n) is 3.63. The van der Waals surface area contributed by atoms with E-state index < -0.39 is 29.6 Å². The molecule has 0 bridgehead atoms. The van der Waals surface area contributed by atoms with Crippen molar-refractivity contribution in [3.8, 4) is 5.88 Å². The third-order valence-electron chi connectivity index (χ3n) is 5.17. The highest BCUT2D eigenvalue weighted by Crippen LogP contribution is 2.58. The molecule has 1 aromatic carbocycles. The number of thioether (sulfide) groups is 1. The van der Waals surface area contributed by atoms with E-state index in [0.29, 0.717) is 6.42 Å². The number of aromatic nitrogens is 2. The van der Waals surface area contributed by atoms with Gasteiger partial charge in [0.1, 0.15) is 17.9 Å². The van der Waals surface area contributed by atoms with Crippen molar-refractivity contribution < 1.29 is 22.7 Å². The van der Waals surface area contributed by atoms with Gasteiger partial charge >= 0.3 is 0 Å². The molecule has 0 amide bonds. The lowest BCUT2D eigenvalue weighted by atomic mass is 9.84. The minimum Gasteiger partial charge on any atom is -0.480 e. The molecule has 1 saturated carbocycles. The Bertz CT molecular complexity index is 1000. The first-order chi connectivity index (χ1) is 13.9. The van der Waals surface area contributed by atoms with E-state index in [1.54, 1.807) is 0 Å². The summed E-state index contributed by atoms with van der Waals surface area (Å²) in [7, 11) is 1.42. The van der Waals surface area contributed by atoms with Crippen LogP contribution >= 0.6 is 11.8 Å². The number of amidine groups is 1. The van der Waals surface area contributed by atoms with Crippen LogP contribution in [0.1, 0.15) is 28.0 Å². The number of ether oxygens (including phenoxy) is 1. The number of ketones is 1. The maximum atomic E-state index is 14.7. The number of nitrogens with two attached hydrogens (primary N) is 1. The van der Waals surface area contributed by atoms with E-state index in [1.165, 1.54) is 37.3 Å². The van der Waals surface area contributed by atoms with Crippen LogP contribution in [0.3, 0.4) is 0 Å². The van der Waals surface area contributed by atoms with Crippen molar-refractivity contribution >= 4 is 22.7 Å². The summed E-state index contributed by atoms with van der Waals surface area (Å²) in [6, 6.07) is 2.23. The van der Waals surface area contributed by atoms with E-state index in [0.717, 1.165) is 6.07 Å². The molecule has 1 aromatic heterocycles. The van der Waals surface area contributed by atoms with Gasteiger partial charge in [-0.2, -0.15) is 0 Å². The predicted octanol–water partition coefficient (Wildman–Crippen LogP) is 2.80. The van der Waals surface area contributed by atoms with Gasteiger partial charge in [-0.3, -0.25) is 4.79 Å². The molecule has 1 aliphatic heterocycles. The second-order valence-corrected chi connectivity index (χ2v) is 8.25. The fourth-order valence-corrected chi connectivity index (χ4v) is 4.85. The first kappa shape index (κ1) is 19.7. The topological polar surface area (TPSA) is 90.5 Å². The van der Waals surface area contributed by atoms with Crippen LogP contribution in [-0.4, -0.2) is 40.0 Å². The number of rotatable bonds is 6. The summed E-state index contributed by atoms with van der Waals surface area (Å²) in [5.74, 6) is -2.80. The smallest absolute Gasteiger partial charge is 0.232 e. The number of nitrogens with zero attached hydrogens (tertiary/aromatic N) is 3. The number of carbonyl (C=O) groups excluding carboxylic acids is 1. The number of hydrogen-bond donors (Lipinski definition) is 1. The summed E-state index contributed by atoms with van der Waals surface area (Å²) in [6.07, 6.45) is 2.88. The van der Waals surface area contributed by atoms with Crippen LogP contribution in [0.5, 0.6) is 5.88 Å². The Balaban J connectivity index is 1.69. The van der Waals surface area contributed by atoms with E-state index in [9.17, 15) is 18.0 Å². The van der Waals surface area contributed by atoms with Gasteiger partial charge < -0.3 is 10.5 Å². The zero-order valence-electron chi connectivity index (χ0n) is 15.4. The van der Waals surface area contributed by atoms with Crippen LogP contribution in [0, 0.1) is 17.6 Å². The molecule has 1 fully saturated rings. The molecule has 6 nitrogen and oxygen atoms in total. The zero-order chi connectivity index (χ0) is 20.8. The number of halogens is 3. The molecule has 0 spiro atoms. The molecule has 0 saturated heterocycles. The van der Waals surface area contributed by atoms with E-state index in [1.807, 2.05) is 0 Å². The largest absolute Gasteiger partial charge is 0.480 e. The van der Waals surface area contributed by atoms with Gasteiger partial charge in [-0.25, -0.2) is 28.1 Å². The van der Waals surface area contributed by atoms with Crippen molar-refractivity contribution in [2.24, 2.45) is 16.6 Å². The van der Waals surface area contributed by atoms with Crippen LogP contribution in [0.15, 0.2) is 29.5 Å². The average Bonchev–Trinajstić information content (AvgIpc) is 3.49. The number of benzene rings is 1. The average molecular weight is 422 g/mol. The number of carbonyl (C=O) groups is 1. The Morgan fingerprint density at radius 2 is 2.14 bits per heavy atom. The molecule has 152 valence electrons. The molecule has 2 aliphatic rings. The first-order valence-corrected chi connectivity index (χ1v) is 9.71. The number of Topliss-reactive ketones (excluding diaryl/α,β-unsaturated/α-hetero) is 1. The van der Waals surface area contributed by atoms with Gasteiger partial charge in [0.15, 0.2) is 22.6 Å². The normalized spacial score (nSPS) is 25.2. The first-order valence-electron chi connectivity index (χ1n) is 8.83. The van der Waals surface area contributed by atoms with Gasteiger partial charge in [0, 0.05) is 23.2 Å². The van der Waals surface area contributed by atoms with E-state index in [-0.39, 0.29) is 45.5 Å². The number of hydrogen-bond acceptors (Lipinski definition) is 7. The summed E-state index contributed by atoms with van der Waals surface area (Å²) in [6.45, 7) is -1.01. The van der Waals surface area contributed by atoms with Crippen molar-refractivity contribution in [3.63, 3.8) is 0 Å². The molecule has 2 aromatic rings. The Kier molecular flexibility index (Phi) is 4.97. The molecule has 0 unspecified atom stereocenters. The van der Waals surface area contributed by atoms with Crippen LogP contribution in [0.4, 0.5) is 13.2 Å². The molecule has 1 aliphatic carbocycles. The van der Waals surface area contributed by atoms with E-state index >= 15 is 0 Å². The highest BCUT2D eigenvalue weighted by atomic mass is 32.2. The van der Waals surface area contributed by atoms with E-state index in [2.05, 4.69) is 15.0 Å². The lowest BCUT2D eigenvalue weighted by molar-refractivity contribution is 0.0987. The zero-order valence-corrected chi connectivity index (χ0v) is 16.2. The Morgan fingerprint density at radius 1 is 1.34 bits per heavy atom. The predicted molar refractivity (Wildman–Crippen MR) is 102 cm³/mol. The monoisotopic (exact) mass is 422 g/mol. The molecular weight excluding hydrogens is 405 g/mol. The highest BCUT2D eigenvalue weighted by Gasteiger charge is 2.58. The lowest BCUT2D eigenvalue weighted by Crippen LogP contribution is -2.37. The van der Waals surface area contributed by atoms with Crippen molar-refractivity contribution in [2.45, 2.75) is 23.6 Å². The van der Waals surface area contributed by atoms with Crippen LogP contribution < -0.4 is 10.5 Å². The Morgan fingerprint density at radius 3 is 2.79 bits per heavy atom. The van der Waals surface area contributed by atoms with Gasteiger partial charge in [0.2, 0.25) is 5.88 Å². The van der Waals surface area contributed by atoms with Crippen molar-refractivity contribution in [1.82, 2.24) is 9.97 Å². The molecule has 2 heterocycles. The molecule has 10 heteroatoms. The summed E-state index contributed by atoms with van der Waals surface area (Å²) in [5, 5.41) is 0.182. The van der Waals surface area contributed by atoms with Gasteiger partial charge in [-0.15, -0.1) is 0 Å². The van der Waals surface area contributed by atoms with E-state index in [4.69, 9.17) is 10.5 Å². The van der Waals surface area contributed by atoms with Gasteiger partial charge in [0.25, 0.3) is 0 Å². The number of alkyl halides is 1. The Labute approximate surface area is 168 Å². The summed E-state index contributed by atoms with van der Waals surface area (Å²) in [5.41, 5.74) is 4.27. The maximum Gasteiger partial charge on any atom is 0.232 e. The number of aliphatic imine (C=N–C) groups is 1. The van der Waals surface area contributed by atoms with Crippen molar-refractivity contribution in [2.75, 3.05) is 13.8 Å². The number of fused-ring (bicyclic) bond motifs is 1. The third kappa shape index (κ3) is 3.45. The molecule has 29 heavy (non-hydrogen) atoms. The second kappa shape index (κ2) is 7.33. The van der Waals surface area contributed by atoms with Crippen LogP contribution in [-0.2, 0) is 12.0 Å². The van der Waals surface area contributed by atoms with Gasteiger partial charge in [-0.05, 0) is 24.1 Å². The lowest BCUT2D eigenvalue weighted by Gasteiger charge is -2.31. The molecule has 0 radical (unpaired) electrons. The highest BCUT2D eigenvalue weighted by molar-refractivity contribution is 8.14. The minimum absolute atomic E-state index is 0.0329. The molecule has 4 rings (SSSR count). The molecular formula is C19H17F3N4O2S.